The number of rotatable bonds is 2. The highest BCUT2D eigenvalue weighted by Gasteiger charge is 2.33. The Morgan fingerprint density at radius 3 is 2.62 bits per heavy atom. The van der Waals surface area contributed by atoms with Gasteiger partial charge in [-0.05, 0) is 32.6 Å². The fourth-order valence-electron chi connectivity index (χ4n) is 2.18. The SMILES string of the molecule is CC1CCC(O)N(C(C)CN)C1C. The van der Waals surface area contributed by atoms with Gasteiger partial charge in [0.2, 0.25) is 0 Å². The third-order valence-electron chi connectivity index (χ3n) is 3.37. The third kappa shape index (κ3) is 2.22. The molecule has 3 N–H and O–H groups in total. The van der Waals surface area contributed by atoms with E-state index >= 15 is 0 Å². The number of piperidine rings is 1. The average Bonchev–Trinajstić information content (AvgIpc) is 2.12. The van der Waals surface area contributed by atoms with E-state index in [-0.39, 0.29) is 12.3 Å². The van der Waals surface area contributed by atoms with Gasteiger partial charge in [0.05, 0.1) is 0 Å². The molecule has 0 saturated carbocycles. The summed E-state index contributed by atoms with van der Waals surface area (Å²) in [6.07, 6.45) is 1.72. The second-order valence-electron chi connectivity index (χ2n) is 4.31. The van der Waals surface area contributed by atoms with Crippen LogP contribution in [-0.4, -0.2) is 34.9 Å². The summed E-state index contributed by atoms with van der Waals surface area (Å²) in [4.78, 5) is 2.15. The molecule has 1 fully saturated rings. The molecule has 1 heterocycles. The molecule has 4 atom stereocenters. The van der Waals surface area contributed by atoms with Gasteiger partial charge in [-0.3, -0.25) is 4.90 Å². The zero-order valence-electron chi connectivity index (χ0n) is 8.90. The highest BCUT2D eigenvalue weighted by molar-refractivity contribution is 4.84. The van der Waals surface area contributed by atoms with Crippen LogP contribution < -0.4 is 5.73 Å². The molecule has 3 nitrogen and oxygen atoms in total. The second kappa shape index (κ2) is 4.40. The highest BCUT2D eigenvalue weighted by Crippen LogP contribution is 2.27. The fraction of sp³-hybridized carbons (Fsp3) is 1.00. The summed E-state index contributed by atoms with van der Waals surface area (Å²) in [7, 11) is 0. The molecule has 1 aliphatic heterocycles. The zero-order valence-corrected chi connectivity index (χ0v) is 8.90. The van der Waals surface area contributed by atoms with Gasteiger partial charge in [-0.1, -0.05) is 6.92 Å². The van der Waals surface area contributed by atoms with Crippen molar-refractivity contribution in [1.29, 1.82) is 0 Å². The maximum atomic E-state index is 9.83. The van der Waals surface area contributed by atoms with Gasteiger partial charge in [-0.2, -0.15) is 0 Å². The van der Waals surface area contributed by atoms with Crippen LogP contribution in [0, 0.1) is 5.92 Å². The van der Waals surface area contributed by atoms with Gasteiger partial charge in [0.25, 0.3) is 0 Å². The molecule has 3 heteroatoms. The molecule has 1 saturated heterocycles. The first-order valence-corrected chi connectivity index (χ1v) is 5.23. The summed E-state index contributed by atoms with van der Waals surface area (Å²) in [6, 6.07) is 0.732. The Kier molecular flexibility index (Phi) is 3.71. The number of nitrogens with two attached hydrogens (primary N) is 1. The van der Waals surface area contributed by atoms with Crippen LogP contribution >= 0.6 is 0 Å². The van der Waals surface area contributed by atoms with E-state index in [1.54, 1.807) is 0 Å². The van der Waals surface area contributed by atoms with Crippen LogP contribution in [-0.2, 0) is 0 Å². The molecule has 0 bridgehead atoms. The van der Waals surface area contributed by atoms with Gasteiger partial charge < -0.3 is 10.8 Å². The van der Waals surface area contributed by atoms with Crippen LogP contribution in [0.1, 0.15) is 33.6 Å². The smallest absolute Gasteiger partial charge is 0.107 e. The predicted octanol–water partition coefficient (Wildman–Crippen LogP) is 0.772. The number of aliphatic hydroxyl groups is 1. The number of nitrogens with zero attached hydrogens (tertiary/aromatic N) is 1. The van der Waals surface area contributed by atoms with E-state index in [9.17, 15) is 5.11 Å². The van der Waals surface area contributed by atoms with Crippen molar-refractivity contribution in [3.63, 3.8) is 0 Å². The van der Waals surface area contributed by atoms with Crippen LogP contribution in [0.4, 0.5) is 0 Å². The normalized spacial score (nSPS) is 39.0. The molecule has 0 aromatic rings. The Hall–Kier alpha value is -0.120. The standard InChI is InChI=1S/C10H22N2O/c1-7-4-5-10(13)12(9(7)3)8(2)6-11/h7-10,13H,4-6,11H2,1-3H3. The summed E-state index contributed by atoms with van der Waals surface area (Å²) >= 11 is 0. The van der Waals surface area contributed by atoms with E-state index in [2.05, 4.69) is 25.7 Å². The number of hydrogen-bond donors (Lipinski definition) is 2. The van der Waals surface area contributed by atoms with E-state index < -0.39 is 0 Å². The lowest BCUT2D eigenvalue weighted by atomic mass is 9.90. The van der Waals surface area contributed by atoms with Crippen LogP contribution in [0.2, 0.25) is 0 Å². The topological polar surface area (TPSA) is 49.5 Å². The Bertz CT molecular complexity index is 159. The third-order valence-corrected chi connectivity index (χ3v) is 3.37. The lowest BCUT2D eigenvalue weighted by Crippen LogP contribution is -2.55. The molecule has 1 aliphatic rings. The summed E-state index contributed by atoms with van der Waals surface area (Å²) < 4.78 is 0. The molecule has 0 radical (unpaired) electrons. The van der Waals surface area contributed by atoms with Crippen molar-refractivity contribution in [2.24, 2.45) is 11.7 Å². The Morgan fingerprint density at radius 2 is 2.08 bits per heavy atom. The minimum absolute atomic E-state index is 0.285. The Labute approximate surface area is 80.9 Å². The quantitative estimate of drug-likeness (QED) is 0.670. The second-order valence-corrected chi connectivity index (χ2v) is 4.31. The van der Waals surface area contributed by atoms with Crippen LogP contribution in [0.25, 0.3) is 0 Å². The lowest BCUT2D eigenvalue weighted by Gasteiger charge is -2.44. The zero-order chi connectivity index (χ0) is 10.0. The van der Waals surface area contributed by atoms with Gasteiger partial charge in [0.15, 0.2) is 0 Å². The van der Waals surface area contributed by atoms with Gasteiger partial charge in [-0.15, -0.1) is 0 Å². The number of likely N-dealkylation sites (tertiary alicyclic amines) is 1. The summed E-state index contributed by atoms with van der Waals surface area (Å²) in [5.41, 5.74) is 5.62. The molecule has 0 aliphatic carbocycles. The summed E-state index contributed by atoms with van der Waals surface area (Å²) in [5, 5.41) is 9.83. The van der Waals surface area contributed by atoms with E-state index in [4.69, 9.17) is 5.73 Å². The van der Waals surface area contributed by atoms with Crippen LogP contribution in [0.5, 0.6) is 0 Å². The van der Waals surface area contributed by atoms with E-state index in [1.807, 2.05) is 0 Å². The van der Waals surface area contributed by atoms with Crippen molar-refractivity contribution in [3.05, 3.63) is 0 Å². The molecule has 0 spiro atoms. The largest absolute Gasteiger partial charge is 0.378 e. The van der Waals surface area contributed by atoms with Crippen molar-refractivity contribution < 1.29 is 5.11 Å². The maximum absolute atomic E-state index is 9.83. The van der Waals surface area contributed by atoms with Gasteiger partial charge >= 0.3 is 0 Å². The molecule has 0 amide bonds. The maximum Gasteiger partial charge on any atom is 0.107 e. The summed E-state index contributed by atoms with van der Waals surface area (Å²) in [6.45, 7) is 7.12. The predicted molar refractivity (Wildman–Crippen MR) is 54.2 cm³/mol. The van der Waals surface area contributed by atoms with Crippen molar-refractivity contribution in [1.82, 2.24) is 4.90 Å². The Morgan fingerprint density at radius 1 is 1.46 bits per heavy atom. The van der Waals surface area contributed by atoms with E-state index in [0.717, 1.165) is 12.8 Å². The van der Waals surface area contributed by atoms with Gasteiger partial charge in [0, 0.05) is 18.6 Å². The number of hydrogen-bond acceptors (Lipinski definition) is 3. The van der Waals surface area contributed by atoms with Crippen molar-refractivity contribution in [2.75, 3.05) is 6.54 Å². The lowest BCUT2D eigenvalue weighted by molar-refractivity contribution is -0.0891. The monoisotopic (exact) mass is 186 g/mol. The first-order valence-electron chi connectivity index (χ1n) is 5.23. The minimum atomic E-state index is -0.287. The molecule has 0 aromatic heterocycles. The Balaban J connectivity index is 2.65. The first kappa shape index (κ1) is 11.0. The first-order chi connectivity index (χ1) is 6.07. The van der Waals surface area contributed by atoms with Crippen molar-refractivity contribution >= 4 is 0 Å². The van der Waals surface area contributed by atoms with Crippen molar-refractivity contribution in [2.45, 2.75) is 51.9 Å². The molecular formula is C10H22N2O. The van der Waals surface area contributed by atoms with E-state index in [0.29, 0.717) is 18.5 Å². The molecule has 0 aromatic carbocycles. The van der Waals surface area contributed by atoms with Crippen molar-refractivity contribution in [3.8, 4) is 0 Å². The average molecular weight is 186 g/mol. The van der Waals surface area contributed by atoms with Gasteiger partial charge in [0.1, 0.15) is 6.23 Å². The minimum Gasteiger partial charge on any atom is -0.378 e. The van der Waals surface area contributed by atoms with Gasteiger partial charge in [-0.25, -0.2) is 0 Å². The highest BCUT2D eigenvalue weighted by atomic mass is 16.3. The molecule has 78 valence electrons. The molecule has 4 unspecified atom stereocenters. The fourth-order valence-corrected chi connectivity index (χ4v) is 2.18. The molecule has 13 heavy (non-hydrogen) atoms. The number of aliphatic hydroxyl groups excluding tert-OH is 1. The molecular weight excluding hydrogens is 164 g/mol. The van der Waals surface area contributed by atoms with Crippen LogP contribution in [0.3, 0.4) is 0 Å². The molecule has 1 rings (SSSR count). The summed E-state index contributed by atoms with van der Waals surface area (Å²) in [5.74, 6) is 0.664. The van der Waals surface area contributed by atoms with E-state index in [1.165, 1.54) is 0 Å². The van der Waals surface area contributed by atoms with Crippen LogP contribution in [0.15, 0.2) is 0 Å².